The summed E-state index contributed by atoms with van der Waals surface area (Å²) in [6.45, 7) is 0. The molecule has 0 saturated carbocycles. The Morgan fingerprint density at radius 1 is 1.42 bits per heavy atom. The number of rotatable bonds is 3. The van der Waals surface area contributed by atoms with Crippen molar-refractivity contribution in [3.8, 4) is 11.5 Å². The van der Waals surface area contributed by atoms with Gasteiger partial charge in [0.1, 0.15) is 0 Å². The SMILES string of the molecule is COc1cc2nc(S(=O)C3CCCc4cccnc43)[nH]c2cc1O. The molecule has 2 unspecified atom stereocenters. The molecule has 0 bridgehead atoms. The van der Waals surface area contributed by atoms with E-state index in [1.54, 1.807) is 12.3 Å². The Kier molecular flexibility index (Phi) is 3.72. The third-order valence-corrected chi connectivity index (χ3v) is 5.90. The third-order valence-electron chi connectivity index (χ3n) is 4.35. The summed E-state index contributed by atoms with van der Waals surface area (Å²) in [5.41, 5.74) is 3.32. The van der Waals surface area contributed by atoms with Crippen molar-refractivity contribution in [3.63, 3.8) is 0 Å². The highest BCUT2D eigenvalue weighted by Crippen LogP contribution is 2.36. The summed E-state index contributed by atoms with van der Waals surface area (Å²) in [5, 5.41) is 10.1. The number of benzene rings is 1. The van der Waals surface area contributed by atoms with Crippen LogP contribution in [0.5, 0.6) is 11.5 Å². The summed E-state index contributed by atoms with van der Waals surface area (Å²) in [4.78, 5) is 11.9. The van der Waals surface area contributed by atoms with Gasteiger partial charge in [0.15, 0.2) is 16.7 Å². The molecule has 6 nitrogen and oxygen atoms in total. The fourth-order valence-electron chi connectivity index (χ4n) is 3.17. The first-order valence-corrected chi connectivity index (χ1v) is 8.99. The second-order valence-electron chi connectivity index (χ2n) is 5.81. The molecule has 1 aromatic carbocycles. The van der Waals surface area contributed by atoms with Crippen LogP contribution >= 0.6 is 0 Å². The number of methoxy groups -OCH3 is 1. The van der Waals surface area contributed by atoms with Gasteiger partial charge in [0.25, 0.3) is 0 Å². The van der Waals surface area contributed by atoms with Gasteiger partial charge in [-0.15, -0.1) is 0 Å². The predicted octanol–water partition coefficient (Wildman–Crippen LogP) is 2.86. The maximum atomic E-state index is 13.1. The van der Waals surface area contributed by atoms with Crippen LogP contribution in [0.1, 0.15) is 29.3 Å². The van der Waals surface area contributed by atoms with Crippen LogP contribution in [0.25, 0.3) is 11.0 Å². The molecule has 0 saturated heterocycles. The highest BCUT2D eigenvalue weighted by atomic mass is 32.2. The molecule has 2 heterocycles. The number of aromatic amines is 1. The second-order valence-corrected chi connectivity index (χ2v) is 7.36. The summed E-state index contributed by atoms with van der Waals surface area (Å²) >= 11 is 0. The summed E-state index contributed by atoms with van der Waals surface area (Å²) in [7, 11) is 0.153. The van der Waals surface area contributed by atoms with E-state index in [9.17, 15) is 9.32 Å². The Morgan fingerprint density at radius 2 is 2.29 bits per heavy atom. The average molecular weight is 343 g/mol. The first-order valence-electron chi connectivity index (χ1n) is 7.78. The summed E-state index contributed by atoms with van der Waals surface area (Å²) < 4.78 is 18.2. The van der Waals surface area contributed by atoms with Gasteiger partial charge >= 0.3 is 0 Å². The zero-order valence-electron chi connectivity index (χ0n) is 13.2. The molecular formula is C17H17N3O3S. The van der Waals surface area contributed by atoms with Crippen molar-refractivity contribution in [1.82, 2.24) is 15.0 Å². The minimum absolute atomic E-state index is 0.0238. The zero-order chi connectivity index (χ0) is 16.7. The number of ether oxygens (including phenoxy) is 1. The molecule has 1 aliphatic carbocycles. The average Bonchev–Trinajstić information content (AvgIpc) is 3.02. The molecule has 2 N–H and O–H groups in total. The van der Waals surface area contributed by atoms with Crippen molar-refractivity contribution in [1.29, 1.82) is 0 Å². The van der Waals surface area contributed by atoms with Crippen LogP contribution in [0.15, 0.2) is 35.6 Å². The number of aromatic hydroxyl groups is 1. The Balaban J connectivity index is 1.74. The quantitative estimate of drug-likeness (QED) is 0.763. The summed E-state index contributed by atoms with van der Waals surface area (Å²) in [6, 6.07) is 7.14. The Bertz CT molecular complexity index is 938. The number of nitrogens with zero attached hydrogens (tertiary/aromatic N) is 2. The number of nitrogens with one attached hydrogen (secondary N) is 1. The topological polar surface area (TPSA) is 88.1 Å². The molecule has 1 aliphatic rings. The van der Waals surface area contributed by atoms with Crippen molar-refractivity contribution in [2.45, 2.75) is 29.7 Å². The normalized spacial score (nSPS) is 18.3. The van der Waals surface area contributed by atoms with Gasteiger partial charge in [0.05, 0.1) is 39.9 Å². The lowest BCUT2D eigenvalue weighted by molar-refractivity contribution is 0.374. The van der Waals surface area contributed by atoms with Gasteiger partial charge in [-0.1, -0.05) is 6.07 Å². The van der Waals surface area contributed by atoms with Gasteiger partial charge in [-0.25, -0.2) is 4.98 Å². The van der Waals surface area contributed by atoms with Gasteiger partial charge in [-0.05, 0) is 30.9 Å². The number of pyridine rings is 1. The molecule has 2 aromatic heterocycles. The lowest BCUT2D eigenvalue weighted by Crippen LogP contribution is -2.17. The molecule has 0 aliphatic heterocycles. The van der Waals surface area contributed by atoms with Crippen LogP contribution in [0.4, 0.5) is 0 Å². The third kappa shape index (κ3) is 2.45. The number of H-pyrrole nitrogens is 1. The molecular weight excluding hydrogens is 326 g/mol. The molecule has 0 spiro atoms. The molecule has 0 amide bonds. The molecule has 3 aromatic rings. The van der Waals surface area contributed by atoms with E-state index in [1.165, 1.54) is 13.2 Å². The van der Waals surface area contributed by atoms with E-state index in [-0.39, 0.29) is 11.0 Å². The molecule has 2 atom stereocenters. The molecule has 0 radical (unpaired) electrons. The maximum Gasteiger partial charge on any atom is 0.198 e. The highest BCUT2D eigenvalue weighted by Gasteiger charge is 2.29. The first-order chi connectivity index (χ1) is 11.7. The number of imidazole rings is 1. The van der Waals surface area contributed by atoms with Gasteiger partial charge in [0, 0.05) is 18.3 Å². The van der Waals surface area contributed by atoms with Crippen LogP contribution in [0, 0.1) is 0 Å². The van der Waals surface area contributed by atoms with Gasteiger partial charge in [-0.2, -0.15) is 0 Å². The van der Waals surface area contributed by atoms with E-state index >= 15 is 0 Å². The van der Waals surface area contributed by atoms with Crippen molar-refractivity contribution in [3.05, 3.63) is 41.7 Å². The minimum atomic E-state index is -1.33. The summed E-state index contributed by atoms with van der Waals surface area (Å²) in [6.07, 6.45) is 4.53. The maximum absolute atomic E-state index is 13.1. The fraction of sp³-hybridized carbons (Fsp3) is 0.294. The van der Waals surface area contributed by atoms with E-state index in [1.807, 2.05) is 12.1 Å². The Morgan fingerprint density at radius 3 is 3.12 bits per heavy atom. The van der Waals surface area contributed by atoms with E-state index < -0.39 is 10.8 Å². The lowest BCUT2D eigenvalue weighted by Gasteiger charge is -2.22. The van der Waals surface area contributed by atoms with E-state index in [0.29, 0.717) is 21.9 Å². The molecule has 7 heteroatoms. The van der Waals surface area contributed by atoms with Gasteiger partial charge in [0.2, 0.25) is 0 Å². The summed E-state index contributed by atoms with van der Waals surface area (Å²) in [5.74, 6) is 0.367. The fourth-order valence-corrected chi connectivity index (χ4v) is 4.64. The smallest absolute Gasteiger partial charge is 0.198 e. The number of aryl methyl sites for hydroxylation is 1. The largest absolute Gasteiger partial charge is 0.504 e. The highest BCUT2D eigenvalue weighted by molar-refractivity contribution is 7.85. The van der Waals surface area contributed by atoms with Crippen LogP contribution in [0.3, 0.4) is 0 Å². The van der Waals surface area contributed by atoms with E-state index in [4.69, 9.17) is 4.74 Å². The molecule has 24 heavy (non-hydrogen) atoms. The monoisotopic (exact) mass is 343 g/mol. The second kappa shape index (κ2) is 5.90. The van der Waals surface area contributed by atoms with Crippen molar-refractivity contribution in [2.24, 2.45) is 0 Å². The number of aromatic nitrogens is 3. The van der Waals surface area contributed by atoms with Crippen LogP contribution in [-0.2, 0) is 17.2 Å². The minimum Gasteiger partial charge on any atom is -0.504 e. The van der Waals surface area contributed by atoms with Crippen molar-refractivity contribution >= 4 is 21.8 Å². The predicted molar refractivity (Wildman–Crippen MR) is 90.6 cm³/mol. The zero-order valence-corrected chi connectivity index (χ0v) is 14.0. The Labute approximate surface area is 141 Å². The number of hydrogen-bond donors (Lipinski definition) is 2. The molecule has 4 rings (SSSR count). The van der Waals surface area contributed by atoms with Gasteiger partial charge < -0.3 is 14.8 Å². The number of hydrogen-bond acceptors (Lipinski definition) is 5. The first kappa shape index (κ1) is 15.1. The van der Waals surface area contributed by atoms with Crippen molar-refractivity contribution < 1.29 is 14.1 Å². The van der Waals surface area contributed by atoms with Crippen LogP contribution in [-0.4, -0.2) is 31.4 Å². The Hall–Kier alpha value is -2.41. The van der Waals surface area contributed by atoms with Gasteiger partial charge in [-0.3, -0.25) is 9.19 Å². The van der Waals surface area contributed by atoms with Crippen molar-refractivity contribution in [2.75, 3.05) is 7.11 Å². The number of phenols is 1. The lowest BCUT2D eigenvalue weighted by atomic mass is 9.96. The number of phenolic OH excluding ortho intramolecular Hbond substituents is 1. The van der Waals surface area contributed by atoms with Crippen LogP contribution < -0.4 is 4.74 Å². The molecule has 0 fully saturated rings. The van der Waals surface area contributed by atoms with Crippen LogP contribution in [0.2, 0.25) is 0 Å². The number of fused-ring (bicyclic) bond motifs is 2. The molecule has 124 valence electrons. The van der Waals surface area contributed by atoms with E-state index in [0.717, 1.165) is 30.5 Å². The standard InChI is InChI=1S/C17H17N3O3S/c1-23-14-9-12-11(8-13(14)21)19-17(20-12)24(22)15-6-2-4-10-5-3-7-18-16(10)15/h3,5,7-9,15,21H,2,4,6H2,1H3,(H,19,20). The van der Waals surface area contributed by atoms with E-state index in [2.05, 4.69) is 15.0 Å².